The maximum atomic E-state index is 6.33. The molecule has 0 aliphatic heterocycles. The van der Waals surface area contributed by atoms with E-state index in [2.05, 4.69) is 59.6 Å². The lowest BCUT2D eigenvalue weighted by atomic mass is 10.2. The van der Waals surface area contributed by atoms with Crippen molar-refractivity contribution >= 4 is 31.9 Å². The average molecular weight is 637 g/mol. The molecule has 210 valence electrons. The summed E-state index contributed by atoms with van der Waals surface area (Å²) in [5.41, 5.74) is 0. The van der Waals surface area contributed by atoms with Crippen molar-refractivity contribution in [3.63, 3.8) is 0 Å². The van der Waals surface area contributed by atoms with E-state index in [0.29, 0.717) is 26.4 Å². The summed E-state index contributed by atoms with van der Waals surface area (Å²) >= 11 is 7.64. The molecule has 0 radical (unpaired) electrons. The van der Waals surface area contributed by atoms with Crippen LogP contribution in [0.3, 0.4) is 0 Å². The fourth-order valence-corrected chi connectivity index (χ4v) is 5.11. The summed E-state index contributed by atoms with van der Waals surface area (Å²) in [6, 6.07) is 0. The maximum Gasteiger partial charge on any atom is 0.180 e. The number of halogens is 2. The van der Waals surface area contributed by atoms with Gasteiger partial charge in [-0.2, -0.15) is 0 Å². The van der Waals surface area contributed by atoms with Crippen molar-refractivity contribution in [1.29, 1.82) is 0 Å². The molecule has 0 bridgehead atoms. The third-order valence-electron chi connectivity index (χ3n) is 6.19. The van der Waals surface area contributed by atoms with E-state index in [0.717, 1.165) is 57.6 Å². The number of ether oxygens (including phenoxy) is 4. The molecule has 0 N–H and O–H groups in total. The number of unbranched alkanes of at least 4 members (excludes halogenated alkanes) is 12. The first-order valence-corrected chi connectivity index (χ1v) is 16.3. The number of hydrogen-bond donors (Lipinski definition) is 0. The molecule has 4 nitrogen and oxygen atoms in total. The quantitative estimate of drug-likeness (QED) is 0.106. The Morgan fingerprint density at radius 3 is 0.778 bits per heavy atom. The highest BCUT2D eigenvalue weighted by molar-refractivity contribution is 9.11. The van der Waals surface area contributed by atoms with Gasteiger partial charge in [0.15, 0.2) is 23.0 Å². The summed E-state index contributed by atoms with van der Waals surface area (Å²) in [5, 5.41) is 0. The lowest BCUT2D eigenvalue weighted by molar-refractivity contribution is 0.234. The Hall–Kier alpha value is -0.620. The molecule has 0 aliphatic rings. The molecule has 1 rings (SSSR count). The van der Waals surface area contributed by atoms with Crippen LogP contribution in [-0.4, -0.2) is 26.4 Å². The van der Waals surface area contributed by atoms with Gasteiger partial charge in [0.05, 0.1) is 26.4 Å². The lowest BCUT2D eigenvalue weighted by Crippen LogP contribution is -2.09. The fourth-order valence-electron chi connectivity index (χ4n) is 3.93. The van der Waals surface area contributed by atoms with Crippen molar-refractivity contribution < 1.29 is 18.9 Å². The average Bonchev–Trinajstić information content (AvgIpc) is 2.88. The van der Waals surface area contributed by atoms with Gasteiger partial charge in [0.1, 0.15) is 8.95 Å². The van der Waals surface area contributed by atoms with Gasteiger partial charge in [-0.3, -0.25) is 0 Å². The summed E-state index contributed by atoms with van der Waals surface area (Å²) in [6.07, 6.45) is 18.5. The predicted octanol–water partition coefficient (Wildman–Crippen LogP) is 11.0. The van der Waals surface area contributed by atoms with Gasteiger partial charge in [0.2, 0.25) is 0 Å². The van der Waals surface area contributed by atoms with E-state index >= 15 is 0 Å². The van der Waals surface area contributed by atoms with Crippen LogP contribution in [0.1, 0.15) is 130 Å². The molecule has 0 spiro atoms. The van der Waals surface area contributed by atoms with Crippen molar-refractivity contribution in [2.75, 3.05) is 26.4 Å². The lowest BCUT2D eigenvalue weighted by Gasteiger charge is -2.22. The molecule has 0 aromatic heterocycles. The molecule has 1 aromatic rings. The van der Waals surface area contributed by atoms with Gasteiger partial charge in [-0.15, -0.1) is 0 Å². The smallest absolute Gasteiger partial charge is 0.180 e. The minimum atomic E-state index is 0.657. The van der Waals surface area contributed by atoms with Crippen molar-refractivity contribution in [1.82, 2.24) is 0 Å². The summed E-state index contributed by atoms with van der Waals surface area (Å²) in [4.78, 5) is 0. The molecule has 6 heteroatoms. The third-order valence-corrected chi connectivity index (χ3v) is 7.63. The Labute approximate surface area is 238 Å². The normalized spacial score (nSPS) is 11.1. The van der Waals surface area contributed by atoms with Gasteiger partial charge in [0, 0.05) is 0 Å². The molecule has 0 aliphatic carbocycles. The Morgan fingerprint density at radius 2 is 0.583 bits per heavy atom. The van der Waals surface area contributed by atoms with E-state index in [-0.39, 0.29) is 0 Å². The zero-order valence-corrected chi connectivity index (χ0v) is 26.7. The minimum Gasteiger partial charge on any atom is -0.488 e. The van der Waals surface area contributed by atoms with Crippen LogP contribution in [0.25, 0.3) is 0 Å². The first kappa shape index (κ1) is 33.4. The van der Waals surface area contributed by atoms with Crippen LogP contribution in [0.4, 0.5) is 0 Å². The van der Waals surface area contributed by atoms with Crippen LogP contribution in [0.2, 0.25) is 0 Å². The molecule has 0 fully saturated rings. The highest BCUT2D eigenvalue weighted by atomic mass is 79.9. The van der Waals surface area contributed by atoms with Crippen molar-refractivity contribution in [2.45, 2.75) is 130 Å². The van der Waals surface area contributed by atoms with Crippen LogP contribution in [-0.2, 0) is 0 Å². The third kappa shape index (κ3) is 13.3. The summed E-state index contributed by atoms with van der Waals surface area (Å²) in [6.45, 7) is 11.5. The predicted molar refractivity (Wildman–Crippen MR) is 160 cm³/mol. The molecule has 0 saturated heterocycles. The second kappa shape index (κ2) is 22.4. The molecular weight excluding hydrogens is 584 g/mol. The Balaban J connectivity index is 3.16. The summed E-state index contributed by atoms with van der Waals surface area (Å²) in [7, 11) is 0. The first-order valence-electron chi connectivity index (χ1n) is 14.7. The highest BCUT2D eigenvalue weighted by Crippen LogP contribution is 2.54. The van der Waals surface area contributed by atoms with Gasteiger partial charge < -0.3 is 18.9 Å². The van der Waals surface area contributed by atoms with Crippen molar-refractivity contribution in [2.24, 2.45) is 0 Å². The molecule has 0 heterocycles. The Kier molecular flexibility index (Phi) is 20.8. The SMILES string of the molecule is CCCCCCOc1c(Br)c(OCCCCCC)c(OCCCCCC)c(Br)c1OCCCCCC. The van der Waals surface area contributed by atoms with Gasteiger partial charge >= 0.3 is 0 Å². The second-order valence-corrected chi connectivity index (χ2v) is 11.2. The van der Waals surface area contributed by atoms with Crippen LogP contribution < -0.4 is 18.9 Å². The monoisotopic (exact) mass is 634 g/mol. The number of hydrogen-bond acceptors (Lipinski definition) is 4. The van der Waals surface area contributed by atoms with Gasteiger partial charge in [-0.1, -0.05) is 105 Å². The molecular formula is C30H52Br2O4. The maximum absolute atomic E-state index is 6.33. The largest absolute Gasteiger partial charge is 0.488 e. The molecule has 0 saturated carbocycles. The summed E-state index contributed by atoms with van der Waals surface area (Å²) in [5.74, 6) is 2.87. The standard InChI is InChI=1S/C30H52Br2O4/c1-5-9-13-17-21-33-27-25(31)29(35-23-19-15-11-7-3)30(36-24-20-16-12-8-4)26(32)28(27)34-22-18-14-10-6-2/h5-24H2,1-4H3. The Bertz CT molecular complexity index is 571. The van der Waals surface area contributed by atoms with Gasteiger partial charge in [-0.05, 0) is 57.5 Å². The molecule has 0 unspecified atom stereocenters. The number of benzene rings is 1. The van der Waals surface area contributed by atoms with E-state index in [1.807, 2.05) is 0 Å². The Morgan fingerprint density at radius 1 is 0.361 bits per heavy atom. The first-order chi connectivity index (χ1) is 17.6. The zero-order valence-electron chi connectivity index (χ0n) is 23.5. The second-order valence-electron chi connectivity index (χ2n) is 9.58. The van der Waals surface area contributed by atoms with E-state index in [1.165, 1.54) is 77.0 Å². The van der Waals surface area contributed by atoms with E-state index in [4.69, 9.17) is 18.9 Å². The number of rotatable bonds is 24. The van der Waals surface area contributed by atoms with Gasteiger partial charge in [-0.25, -0.2) is 0 Å². The highest BCUT2D eigenvalue weighted by Gasteiger charge is 2.27. The van der Waals surface area contributed by atoms with Crippen LogP contribution >= 0.6 is 31.9 Å². The van der Waals surface area contributed by atoms with Crippen molar-refractivity contribution in [3.8, 4) is 23.0 Å². The summed E-state index contributed by atoms with van der Waals surface area (Å²) < 4.78 is 26.9. The van der Waals surface area contributed by atoms with Crippen LogP contribution in [0.15, 0.2) is 8.95 Å². The zero-order chi connectivity index (χ0) is 26.4. The van der Waals surface area contributed by atoms with E-state index in [1.54, 1.807) is 0 Å². The molecule has 1 aromatic carbocycles. The van der Waals surface area contributed by atoms with E-state index < -0.39 is 0 Å². The topological polar surface area (TPSA) is 36.9 Å². The molecule has 36 heavy (non-hydrogen) atoms. The molecule has 0 amide bonds. The van der Waals surface area contributed by atoms with Crippen molar-refractivity contribution in [3.05, 3.63) is 8.95 Å². The van der Waals surface area contributed by atoms with E-state index in [9.17, 15) is 0 Å². The van der Waals surface area contributed by atoms with Gasteiger partial charge in [0.25, 0.3) is 0 Å². The minimum absolute atomic E-state index is 0.657. The van der Waals surface area contributed by atoms with Crippen LogP contribution in [0, 0.1) is 0 Å². The molecule has 0 atom stereocenters. The fraction of sp³-hybridized carbons (Fsp3) is 0.800. The van der Waals surface area contributed by atoms with Crippen LogP contribution in [0.5, 0.6) is 23.0 Å².